The normalized spacial score (nSPS) is 13.5. The van der Waals surface area contributed by atoms with Crippen molar-refractivity contribution in [3.63, 3.8) is 0 Å². The van der Waals surface area contributed by atoms with Crippen LogP contribution in [0, 0.1) is 0 Å². The van der Waals surface area contributed by atoms with Crippen LogP contribution in [0.5, 0.6) is 11.5 Å². The number of hydrogen-bond acceptors (Lipinski definition) is 3. The summed E-state index contributed by atoms with van der Waals surface area (Å²) in [6, 6.07) is 16.8. The van der Waals surface area contributed by atoms with E-state index in [1.54, 1.807) is 14.2 Å². The molecule has 3 nitrogen and oxygen atoms in total. The average molecular weight is 285 g/mol. The summed E-state index contributed by atoms with van der Waals surface area (Å²) in [6.07, 6.45) is 0. The highest BCUT2D eigenvalue weighted by Gasteiger charge is 2.15. The number of nitrogens with one attached hydrogen (secondary N) is 1. The molecule has 112 valence electrons. The van der Waals surface area contributed by atoms with Crippen molar-refractivity contribution in [1.29, 1.82) is 0 Å². The maximum absolute atomic E-state index is 5.48. The maximum Gasteiger partial charge on any atom is 0.127 e. The molecule has 0 bridgehead atoms. The van der Waals surface area contributed by atoms with Crippen LogP contribution in [0.1, 0.15) is 37.1 Å². The smallest absolute Gasteiger partial charge is 0.127 e. The fourth-order valence-corrected chi connectivity index (χ4v) is 2.48. The molecule has 0 amide bonds. The lowest BCUT2D eigenvalue weighted by atomic mass is 10.0. The Kier molecular flexibility index (Phi) is 5.23. The van der Waals surface area contributed by atoms with Gasteiger partial charge in [-0.15, -0.1) is 0 Å². The summed E-state index contributed by atoms with van der Waals surface area (Å²) in [4.78, 5) is 0. The lowest BCUT2D eigenvalue weighted by molar-refractivity contribution is 0.383. The van der Waals surface area contributed by atoms with Gasteiger partial charge in [0, 0.05) is 23.7 Å². The van der Waals surface area contributed by atoms with Crippen LogP contribution < -0.4 is 14.8 Å². The lowest BCUT2D eigenvalue weighted by Crippen LogP contribution is -2.22. The maximum atomic E-state index is 5.48. The molecule has 2 aromatic rings. The molecule has 0 aromatic heterocycles. The Balaban J connectivity index is 2.14. The second-order valence-corrected chi connectivity index (χ2v) is 5.13. The summed E-state index contributed by atoms with van der Waals surface area (Å²) in [5.74, 6) is 1.65. The third-order valence-electron chi connectivity index (χ3n) is 3.71. The zero-order chi connectivity index (χ0) is 15.2. The monoisotopic (exact) mass is 285 g/mol. The number of hydrogen-bond donors (Lipinski definition) is 1. The van der Waals surface area contributed by atoms with E-state index in [1.165, 1.54) is 5.56 Å². The van der Waals surface area contributed by atoms with Crippen LogP contribution >= 0.6 is 0 Å². The van der Waals surface area contributed by atoms with Gasteiger partial charge in [-0.05, 0) is 25.5 Å². The van der Waals surface area contributed by atoms with Crippen LogP contribution in [0.15, 0.2) is 48.5 Å². The molecule has 0 unspecified atom stereocenters. The summed E-state index contributed by atoms with van der Waals surface area (Å²) in [7, 11) is 3.35. The molecule has 0 spiro atoms. The molecule has 0 saturated carbocycles. The number of benzene rings is 2. The highest BCUT2D eigenvalue weighted by Crippen LogP contribution is 2.30. The van der Waals surface area contributed by atoms with Crippen molar-refractivity contribution in [3.05, 3.63) is 59.7 Å². The molecule has 0 aliphatic rings. The number of ether oxygens (including phenoxy) is 2. The second kappa shape index (κ2) is 7.14. The van der Waals surface area contributed by atoms with Gasteiger partial charge < -0.3 is 14.8 Å². The summed E-state index contributed by atoms with van der Waals surface area (Å²) in [6.45, 7) is 4.31. The van der Waals surface area contributed by atoms with Crippen molar-refractivity contribution in [3.8, 4) is 11.5 Å². The minimum atomic E-state index is 0.182. The molecule has 0 radical (unpaired) electrons. The summed E-state index contributed by atoms with van der Waals surface area (Å²) < 4.78 is 10.7. The molecule has 2 rings (SSSR count). The first-order valence-electron chi connectivity index (χ1n) is 7.18. The Morgan fingerprint density at radius 2 is 1.57 bits per heavy atom. The average Bonchev–Trinajstić information content (AvgIpc) is 2.54. The van der Waals surface area contributed by atoms with Gasteiger partial charge in [0.15, 0.2) is 0 Å². The number of methoxy groups -OCH3 is 2. The highest BCUT2D eigenvalue weighted by molar-refractivity contribution is 5.42. The Morgan fingerprint density at radius 3 is 2.19 bits per heavy atom. The first-order valence-corrected chi connectivity index (χ1v) is 7.18. The van der Waals surface area contributed by atoms with Crippen LogP contribution in [-0.2, 0) is 0 Å². The molecular weight excluding hydrogens is 262 g/mol. The van der Waals surface area contributed by atoms with Gasteiger partial charge in [-0.3, -0.25) is 0 Å². The van der Waals surface area contributed by atoms with Gasteiger partial charge in [-0.2, -0.15) is 0 Å². The highest BCUT2D eigenvalue weighted by atomic mass is 16.5. The van der Waals surface area contributed by atoms with Gasteiger partial charge in [-0.25, -0.2) is 0 Å². The molecular formula is C18H23NO2. The first kappa shape index (κ1) is 15.4. The van der Waals surface area contributed by atoms with Crippen LogP contribution in [0.4, 0.5) is 0 Å². The number of rotatable bonds is 6. The molecule has 0 fully saturated rings. The Hall–Kier alpha value is -2.00. The minimum Gasteiger partial charge on any atom is -0.497 e. The zero-order valence-corrected chi connectivity index (χ0v) is 13.1. The molecule has 2 atom stereocenters. The topological polar surface area (TPSA) is 30.5 Å². The van der Waals surface area contributed by atoms with E-state index in [4.69, 9.17) is 9.47 Å². The Morgan fingerprint density at radius 1 is 0.857 bits per heavy atom. The third kappa shape index (κ3) is 3.76. The van der Waals surface area contributed by atoms with Crippen LogP contribution in [-0.4, -0.2) is 14.2 Å². The lowest BCUT2D eigenvalue weighted by Gasteiger charge is -2.22. The van der Waals surface area contributed by atoms with Crippen LogP contribution in [0.2, 0.25) is 0 Å². The van der Waals surface area contributed by atoms with E-state index in [1.807, 2.05) is 24.3 Å². The molecule has 0 aliphatic carbocycles. The van der Waals surface area contributed by atoms with Crippen molar-refractivity contribution < 1.29 is 9.47 Å². The van der Waals surface area contributed by atoms with Crippen molar-refractivity contribution in [2.75, 3.05) is 14.2 Å². The molecule has 21 heavy (non-hydrogen) atoms. The fraction of sp³-hybridized carbons (Fsp3) is 0.333. The zero-order valence-electron chi connectivity index (χ0n) is 13.1. The second-order valence-electron chi connectivity index (χ2n) is 5.13. The van der Waals surface area contributed by atoms with E-state index < -0.39 is 0 Å². The van der Waals surface area contributed by atoms with Crippen LogP contribution in [0.3, 0.4) is 0 Å². The van der Waals surface area contributed by atoms with Gasteiger partial charge in [0.1, 0.15) is 11.5 Å². The Bertz CT molecular complexity index is 569. The molecule has 3 heteroatoms. The predicted molar refractivity (Wildman–Crippen MR) is 86.0 cm³/mol. The molecule has 1 N–H and O–H groups in total. The van der Waals surface area contributed by atoms with Crippen LogP contribution in [0.25, 0.3) is 0 Å². The van der Waals surface area contributed by atoms with Gasteiger partial charge in [0.05, 0.1) is 14.2 Å². The molecule has 2 aromatic carbocycles. The van der Waals surface area contributed by atoms with Crippen molar-refractivity contribution in [2.24, 2.45) is 0 Å². The van der Waals surface area contributed by atoms with E-state index in [0.29, 0.717) is 0 Å². The standard InChI is InChI=1S/C18H23NO2/c1-13(15-8-6-5-7-9-15)19-14(2)17-11-10-16(20-3)12-18(17)21-4/h5-14,19H,1-4H3/t13-,14-/m1/s1. The van der Waals surface area contributed by atoms with E-state index in [2.05, 4.69) is 43.4 Å². The summed E-state index contributed by atoms with van der Waals surface area (Å²) in [5.41, 5.74) is 2.40. The summed E-state index contributed by atoms with van der Waals surface area (Å²) in [5, 5.41) is 3.60. The van der Waals surface area contributed by atoms with Crippen molar-refractivity contribution in [1.82, 2.24) is 5.32 Å². The van der Waals surface area contributed by atoms with E-state index >= 15 is 0 Å². The Labute approximate surface area is 126 Å². The van der Waals surface area contributed by atoms with Gasteiger partial charge in [0.25, 0.3) is 0 Å². The van der Waals surface area contributed by atoms with Crippen molar-refractivity contribution >= 4 is 0 Å². The first-order chi connectivity index (χ1) is 10.2. The summed E-state index contributed by atoms with van der Waals surface area (Å²) >= 11 is 0. The van der Waals surface area contributed by atoms with E-state index in [0.717, 1.165) is 17.1 Å². The fourth-order valence-electron chi connectivity index (χ4n) is 2.48. The largest absolute Gasteiger partial charge is 0.497 e. The minimum absolute atomic E-state index is 0.182. The SMILES string of the molecule is COc1ccc([C@@H](C)N[C@H](C)c2ccccc2)c(OC)c1. The predicted octanol–water partition coefficient (Wildman–Crippen LogP) is 4.12. The third-order valence-corrected chi connectivity index (χ3v) is 3.71. The van der Waals surface area contributed by atoms with Crippen molar-refractivity contribution in [2.45, 2.75) is 25.9 Å². The molecule has 0 saturated heterocycles. The van der Waals surface area contributed by atoms with Gasteiger partial charge in [0.2, 0.25) is 0 Å². The van der Waals surface area contributed by atoms with E-state index in [9.17, 15) is 0 Å². The van der Waals surface area contributed by atoms with Gasteiger partial charge >= 0.3 is 0 Å². The van der Waals surface area contributed by atoms with E-state index in [-0.39, 0.29) is 12.1 Å². The quantitative estimate of drug-likeness (QED) is 0.866. The molecule has 0 heterocycles. The molecule has 0 aliphatic heterocycles. The van der Waals surface area contributed by atoms with Gasteiger partial charge in [-0.1, -0.05) is 36.4 Å².